The van der Waals surface area contributed by atoms with E-state index in [2.05, 4.69) is 25.9 Å². The minimum Gasteiger partial charge on any atom is -0.344 e. The van der Waals surface area contributed by atoms with Crippen molar-refractivity contribution in [3.05, 3.63) is 5.82 Å². The molecule has 1 aromatic rings. The average molecular weight is 685 g/mol. The zero-order chi connectivity index (χ0) is 36.2. The Morgan fingerprint density at radius 2 is 1.67 bits per heavy atom. The molecule has 1 saturated heterocycles. The summed E-state index contributed by atoms with van der Waals surface area (Å²) >= 11 is 0. The number of likely N-dealkylation sites (tertiary alicyclic amines) is 1. The number of nitrogens with zero attached hydrogens (tertiary/aromatic N) is 4. The Morgan fingerprint density at radius 3 is 2.29 bits per heavy atom. The fourth-order valence-electron chi connectivity index (χ4n) is 7.60. The normalized spacial score (nSPS) is 21.3. The maximum absolute atomic E-state index is 14.3. The van der Waals surface area contributed by atoms with Gasteiger partial charge in [0.05, 0.1) is 6.04 Å². The molecule has 0 bridgehead atoms. The first-order valence-corrected chi connectivity index (χ1v) is 18.7. The van der Waals surface area contributed by atoms with Gasteiger partial charge in [0.2, 0.25) is 17.6 Å². The van der Waals surface area contributed by atoms with Crippen LogP contribution in [-0.2, 0) is 35.2 Å². The van der Waals surface area contributed by atoms with Crippen LogP contribution in [-0.4, -0.2) is 79.1 Å². The Morgan fingerprint density at radius 1 is 0.939 bits per heavy atom. The number of ketones is 4. The van der Waals surface area contributed by atoms with Crippen molar-refractivity contribution in [3.63, 3.8) is 0 Å². The summed E-state index contributed by atoms with van der Waals surface area (Å²) in [5, 5.41) is 16.8. The molecule has 12 nitrogen and oxygen atoms in total. The molecule has 1 aliphatic carbocycles. The van der Waals surface area contributed by atoms with E-state index in [0.717, 1.165) is 32.1 Å². The summed E-state index contributed by atoms with van der Waals surface area (Å²) in [6.07, 6.45) is 7.20. The molecule has 2 N–H and O–H groups in total. The van der Waals surface area contributed by atoms with Gasteiger partial charge in [0, 0.05) is 50.5 Å². The third-order valence-corrected chi connectivity index (χ3v) is 10.8. The quantitative estimate of drug-likeness (QED) is 0.128. The van der Waals surface area contributed by atoms with Crippen LogP contribution in [0.25, 0.3) is 0 Å². The van der Waals surface area contributed by atoms with E-state index in [9.17, 15) is 28.8 Å². The van der Waals surface area contributed by atoms with Gasteiger partial charge in [0.15, 0.2) is 17.4 Å². The van der Waals surface area contributed by atoms with Crippen LogP contribution in [0.1, 0.15) is 131 Å². The van der Waals surface area contributed by atoms with Gasteiger partial charge >= 0.3 is 0 Å². The van der Waals surface area contributed by atoms with Gasteiger partial charge in [-0.15, -0.1) is 10.2 Å². The van der Waals surface area contributed by atoms with Crippen molar-refractivity contribution < 1.29 is 28.8 Å². The van der Waals surface area contributed by atoms with Crippen molar-refractivity contribution in [1.82, 2.24) is 30.8 Å². The van der Waals surface area contributed by atoms with Crippen molar-refractivity contribution in [1.29, 1.82) is 0 Å². The van der Waals surface area contributed by atoms with Gasteiger partial charge < -0.3 is 10.2 Å². The molecule has 274 valence electrons. The second kappa shape index (κ2) is 19.2. The lowest BCUT2D eigenvalue weighted by molar-refractivity contribution is -0.145. The summed E-state index contributed by atoms with van der Waals surface area (Å²) in [6.45, 7) is 13.8. The van der Waals surface area contributed by atoms with Crippen LogP contribution in [0.3, 0.4) is 0 Å². The lowest BCUT2D eigenvalue weighted by atomic mass is 9.83. The smallest absolute Gasteiger partial charge is 0.246 e. The predicted molar refractivity (Wildman–Crippen MR) is 185 cm³/mol. The van der Waals surface area contributed by atoms with Gasteiger partial charge in [-0.3, -0.25) is 28.8 Å². The topological polar surface area (TPSA) is 172 Å². The number of aromatic nitrogens is 4. The van der Waals surface area contributed by atoms with E-state index in [1.807, 2.05) is 48.5 Å². The van der Waals surface area contributed by atoms with Gasteiger partial charge in [-0.2, -0.15) is 5.21 Å². The van der Waals surface area contributed by atoms with Crippen LogP contribution in [0, 0.1) is 41.4 Å². The highest BCUT2D eigenvalue weighted by Crippen LogP contribution is 2.43. The van der Waals surface area contributed by atoms with E-state index in [4.69, 9.17) is 0 Å². The lowest BCUT2D eigenvalue weighted by Gasteiger charge is -2.33. The minimum absolute atomic E-state index is 0.00812. The third kappa shape index (κ3) is 11.1. The molecule has 0 spiro atoms. The van der Waals surface area contributed by atoms with Crippen LogP contribution >= 0.6 is 0 Å². The maximum atomic E-state index is 14.3. The first kappa shape index (κ1) is 40.1. The van der Waals surface area contributed by atoms with Crippen molar-refractivity contribution in [2.45, 2.75) is 144 Å². The van der Waals surface area contributed by atoms with Crippen LogP contribution < -0.4 is 5.32 Å². The number of nitrogens with one attached hydrogen (secondary N) is 2. The van der Waals surface area contributed by atoms with Crippen molar-refractivity contribution in [3.8, 4) is 0 Å². The van der Waals surface area contributed by atoms with E-state index in [0.29, 0.717) is 44.5 Å². The predicted octanol–water partition coefficient (Wildman–Crippen LogP) is 4.86. The highest BCUT2D eigenvalue weighted by molar-refractivity contribution is 6.38. The molecule has 2 heterocycles. The molecule has 0 radical (unpaired) electrons. The number of Topliss-reactive ketones (excluding diaryl/α,β-unsaturated/α-hetero) is 4. The highest BCUT2D eigenvalue weighted by atomic mass is 16.2. The molecule has 2 amide bonds. The first-order valence-electron chi connectivity index (χ1n) is 18.7. The van der Waals surface area contributed by atoms with Gasteiger partial charge in [-0.1, -0.05) is 72.9 Å². The molecule has 3 rings (SSSR count). The Kier molecular flexibility index (Phi) is 15.7. The zero-order valence-electron chi connectivity index (χ0n) is 30.8. The fraction of sp³-hybridized carbons (Fsp3) is 0.811. The van der Waals surface area contributed by atoms with E-state index < -0.39 is 35.5 Å². The Balaban J connectivity index is 1.71. The minimum atomic E-state index is -0.863. The highest BCUT2D eigenvalue weighted by Gasteiger charge is 2.51. The second-order valence-electron chi connectivity index (χ2n) is 15.3. The van der Waals surface area contributed by atoms with E-state index in [1.165, 1.54) is 0 Å². The third-order valence-electron chi connectivity index (χ3n) is 10.8. The number of carbonyl (C=O) groups excluding carboxylic acids is 6. The van der Waals surface area contributed by atoms with Gasteiger partial charge in [0.1, 0.15) is 11.8 Å². The molecule has 1 aliphatic heterocycles. The summed E-state index contributed by atoms with van der Waals surface area (Å²) in [4.78, 5) is 82.8. The SMILES string of the molecule is CCCC(CC(=O)[C@@H]1[C@H]2CCC[C@H]2CN1C(=O)[C@@H](NC(=O)[C@H](CC(=O)CCCCc1nn[nH]n1)C(C)C)C(C)C)C(=O)C(=O)C[C@H](C)CC. The average Bonchev–Trinajstić information content (AvgIpc) is 3.81. The standard InChI is InChI=1S/C37H60N6O6/c1-8-13-25(35(47)31(46)18-24(7)9-2)19-30(45)34-28-16-12-14-26(28)21-43(34)37(49)33(23(5)6)38-36(48)29(22(3)4)20-27(44)15-10-11-17-32-39-41-42-40-32/h22-26,28-29,33-34H,8-21H2,1-7H3,(H,38,48)(H,39,40,41,42)/t24-,25?,26+,28+,29-,33+,34+/m1/s1. The molecule has 1 saturated carbocycles. The van der Waals surface area contributed by atoms with Crippen LogP contribution in [0.15, 0.2) is 0 Å². The number of H-pyrrole nitrogens is 1. The number of fused-ring (bicyclic) bond motifs is 1. The Bertz CT molecular complexity index is 1280. The number of carbonyl (C=O) groups is 6. The summed E-state index contributed by atoms with van der Waals surface area (Å²) in [7, 11) is 0. The number of rotatable bonds is 22. The van der Waals surface area contributed by atoms with Crippen LogP contribution in [0.5, 0.6) is 0 Å². The molecule has 7 atom stereocenters. The number of aryl methyl sites for hydroxylation is 1. The van der Waals surface area contributed by atoms with Crippen molar-refractivity contribution in [2.75, 3.05) is 6.54 Å². The molecule has 12 heteroatoms. The Labute approximate surface area is 292 Å². The summed E-state index contributed by atoms with van der Waals surface area (Å²) in [5.74, 6) is -2.44. The number of hydrogen-bond donors (Lipinski definition) is 2. The number of aromatic amines is 1. The summed E-state index contributed by atoms with van der Waals surface area (Å²) < 4.78 is 0. The van der Waals surface area contributed by atoms with Gasteiger partial charge in [0.25, 0.3) is 0 Å². The summed E-state index contributed by atoms with van der Waals surface area (Å²) in [6, 6.07) is -1.54. The van der Waals surface area contributed by atoms with Gasteiger partial charge in [-0.05, 0) is 61.7 Å². The lowest BCUT2D eigenvalue weighted by Crippen LogP contribution is -2.56. The second-order valence-corrected chi connectivity index (χ2v) is 15.3. The van der Waals surface area contributed by atoms with Crippen LogP contribution in [0.4, 0.5) is 0 Å². The monoisotopic (exact) mass is 684 g/mol. The molecule has 49 heavy (non-hydrogen) atoms. The Hall–Kier alpha value is -3.31. The maximum Gasteiger partial charge on any atom is 0.246 e. The molecule has 0 aromatic carbocycles. The van der Waals surface area contributed by atoms with E-state index >= 15 is 0 Å². The van der Waals surface area contributed by atoms with Gasteiger partial charge in [-0.25, -0.2) is 0 Å². The molecule has 2 fully saturated rings. The molecular weight excluding hydrogens is 624 g/mol. The van der Waals surface area contributed by atoms with Crippen molar-refractivity contribution >= 4 is 34.9 Å². The first-order chi connectivity index (χ1) is 23.3. The van der Waals surface area contributed by atoms with Crippen molar-refractivity contribution in [2.24, 2.45) is 41.4 Å². The van der Waals surface area contributed by atoms with E-state index in [-0.39, 0.29) is 72.2 Å². The molecular formula is C37H60N6O6. The largest absolute Gasteiger partial charge is 0.344 e. The van der Waals surface area contributed by atoms with E-state index in [1.54, 1.807) is 4.90 Å². The fourth-order valence-corrected chi connectivity index (χ4v) is 7.60. The number of tetrazole rings is 1. The number of unbranched alkanes of at least 4 members (excludes halogenated alkanes) is 1. The molecule has 1 aromatic heterocycles. The molecule has 2 aliphatic rings. The zero-order valence-corrected chi connectivity index (χ0v) is 30.8. The number of hydrogen-bond acceptors (Lipinski definition) is 9. The number of amides is 2. The van der Waals surface area contributed by atoms with Crippen LogP contribution in [0.2, 0.25) is 0 Å². The summed E-state index contributed by atoms with van der Waals surface area (Å²) in [5.41, 5.74) is 0. The molecule has 1 unspecified atom stereocenters.